The van der Waals surface area contributed by atoms with Gasteiger partial charge in [0, 0.05) is 38.1 Å². The third-order valence-corrected chi connectivity index (χ3v) is 5.19. The fourth-order valence-corrected chi connectivity index (χ4v) is 3.69. The SMILES string of the molecule is CC(C)N1CCCC(CNC(=O)NCCC(=O)NC2CCCC2)C1. The van der Waals surface area contributed by atoms with E-state index < -0.39 is 0 Å². The molecule has 138 valence electrons. The summed E-state index contributed by atoms with van der Waals surface area (Å²) in [5, 5.41) is 8.77. The molecule has 1 aliphatic heterocycles. The van der Waals surface area contributed by atoms with Gasteiger partial charge in [0.25, 0.3) is 0 Å². The van der Waals surface area contributed by atoms with Crippen LogP contribution in [0.3, 0.4) is 0 Å². The molecule has 1 unspecified atom stereocenters. The number of rotatable bonds is 7. The highest BCUT2D eigenvalue weighted by atomic mass is 16.2. The molecule has 0 aromatic rings. The number of carbonyl (C=O) groups is 2. The normalized spacial score (nSPS) is 22.5. The maximum atomic E-state index is 11.9. The number of carbonyl (C=O) groups excluding carboxylic acids is 2. The first-order valence-corrected chi connectivity index (χ1v) is 9.59. The van der Waals surface area contributed by atoms with E-state index in [9.17, 15) is 9.59 Å². The lowest BCUT2D eigenvalue weighted by atomic mass is 9.97. The average Bonchev–Trinajstić information content (AvgIpc) is 3.06. The van der Waals surface area contributed by atoms with E-state index in [1.54, 1.807) is 0 Å². The van der Waals surface area contributed by atoms with E-state index in [0.29, 0.717) is 37.5 Å². The second kappa shape index (κ2) is 9.87. The first-order chi connectivity index (χ1) is 11.5. The third-order valence-electron chi connectivity index (χ3n) is 5.19. The van der Waals surface area contributed by atoms with E-state index in [1.807, 2.05) is 0 Å². The van der Waals surface area contributed by atoms with Crippen LogP contribution in [-0.2, 0) is 4.79 Å². The van der Waals surface area contributed by atoms with Crippen LogP contribution in [-0.4, -0.2) is 55.1 Å². The zero-order valence-electron chi connectivity index (χ0n) is 15.3. The first-order valence-electron chi connectivity index (χ1n) is 9.59. The fraction of sp³-hybridized carbons (Fsp3) is 0.889. The molecule has 1 atom stereocenters. The van der Waals surface area contributed by atoms with Gasteiger partial charge in [0.05, 0.1) is 0 Å². The van der Waals surface area contributed by atoms with Crippen LogP contribution in [0.1, 0.15) is 58.8 Å². The number of amides is 3. The predicted molar refractivity (Wildman–Crippen MR) is 95.9 cm³/mol. The van der Waals surface area contributed by atoms with Gasteiger partial charge in [0.2, 0.25) is 5.91 Å². The molecule has 1 heterocycles. The Hall–Kier alpha value is -1.30. The lowest BCUT2D eigenvalue weighted by Gasteiger charge is -2.35. The van der Waals surface area contributed by atoms with Crippen molar-refractivity contribution in [2.24, 2.45) is 5.92 Å². The minimum Gasteiger partial charge on any atom is -0.353 e. The maximum Gasteiger partial charge on any atom is 0.314 e. The molecule has 6 heteroatoms. The summed E-state index contributed by atoms with van der Waals surface area (Å²) in [6.45, 7) is 7.77. The van der Waals surface area contributed by atoms with Crippen LogP contribution in [0.15, 0.2) is 0 Å². The lowest BCUT2D eigenvalue weighted by molar-refractivity contribution is -0.121. The van der Waals surface area contributed by atoms with Crippen molar-refractivity contribution >= 4 is 11.9 Å². The monoisotopic (exact) mass is 338 g/mol. The molecule has 0 spiro atoms. The minimum absolute atomic E-state index is 0.0436. The number of hydrogen-bond donors (Lipinski definition) is 3. The predicted octanol–water partition coefficient (Wildman–Crippen LogP) is 1.85. The molecular weight excluding hydrogens is 304 g/mol. The number of likely N-dealkylation sites (tertiary alicyclic amines) is 1. The first kappa shape index (κ1) is 19.0. The quantitative estimate of drug-likeness (QED) is 0.663. The van der Waals surface area contributed by atoms with Crippen molar-refractivity contribution < 1.29 is 9.59 Å². The Kier molecular flexibility index (Phi) is 7.82. The highest BCUT2D eigenvalue weighted by molar-refractivity contribution is 5.78. The highest BCUT2D eigenvalue weighted by Crippen LogP contribution is 2.18. The van der Waals surface area contributed by atoms with Crippen LogP contribution in [0.5, 0.6) is 0 Å². The Labute approximate surface area is 146 Å². The number of nitrogens with one attached hydrogen (secondary N) is 3. The standard InChI is InChI=1S/C18H34N4O2/c1-14(2)22-11-5-6-15(13-22)12-20-18(24)19-10-9-17(23)21-16-7-3-4-8-16/h14-16H,3-13H2,1-2H3,(H,21,23)(H2,19,20,24). The number of nitrogens with zero attached hydrogens (tertiary/aromatic N) is 1. The van der Waals surface area contributed by atoms with E-state index in [1.165, 1.54) is 25.7 Å². The molecule has 0 radical (unpaired) electrons. The van der Waals surface area contributed by atoms with Gasteiger partial charge < -0.3 is 20.9 Å². The molecule has 0 aromatic heterocycles. The van der Waals surface area contributed by atoms with Gasteiger partial charge in [-0.25, -0.2) is 4.79 Å². The van der Waals surface area contributed by atoms with Gasteiger partial charge in [-0.2, -0.15) is 0 Å². The van der Waals surface area contributed by atoms with Crippen LogP contribution < -0.4 is 16.0 Å². The number of urea groups is 1. The fourth-order valence-electron chi connectivity index (χ4n) is 3.69. The van der Waals surface area contributed by atoms with E-state index in [4.69, 9.17) is 0 Å². The van der Waals surface area contributed by atoms with Crippen LogP contribution >= 0.6 is 0 Å². The number of piperidine rings is 1. The van der Waals surface area contributed by atoms with Gasteiger partial charge in [0.15, 0.2) is 0 Å². The van der Waals surface area contributed by atoms with Crippen molar-refractivity contribution in [3.8, 4) is 0 Å². The highest BCUT2D eigenvalue weighted by Gasteiger charge is 2.22. The van der Waals surface area contributed by atoms with Gasteiger partial charge in [-0.3, -0.25) is 4.79 Å². The van der Waals surface area contributed by atoms with Crippen LogP contribution in [0.25, 0.3) is 0 Å². The van der Waals surface area contributed by atoms with Crippen molar-refractivity contribution in [2.45, 2.75) is 70.9 Å². The van der Waals surface area contributed by atoms with Crippen molar-refractivity contribution in [1.29, 1.82) is 0 Å². The van der Waals surface area contributed by atoms with Gasteiger partial charge in [-0.15, -0.1) is 0 Å². The summed E-state index contributed by atoms with van der Waals surface area (Å²) in [6, 6.07) is 0.756. The summed E-state index contributed by atoms with van der Waals surface area (Å²) in [5.41, 5.74) is 0. The van der Waals surface area contributed by atoms with E-state index in [2.05, 4.69) is 34.7 Å². The largest absolute Gasteiger partial charge is 0.353 e. The Balaban J connectivity index is 1.53. The lowest BCUT2D eigenvalue weighted by Crippen LogP contribution is -2.46. The molecule has 1 saturated heterocycles. The molecule has 1 saturated carbocycles. The van der Waals surface area contributed by atoms with Gasteiger partial charge in [-0.1, -0.05) is 12.8 Å². The molecule has 1 aliphatic carbocycles. The summed E-state index contributed by atoms with van der Waals surface area (Å²) in [6.07, 6.45) is 7.33. The Morgan fingerprint density at radius 3 is 2.54 bits per heavy atom. The molecule has 2 rings (SSSR count). The van der Waals surface area contributed by atoms with Gasteiger partial charge >= 0.3 is 6.03 Å². The van der Waals surface area contributed by atoms with E-state index in [0.717, 1.165) is 25.9 Å². The average molecular weight is 338 g/mol. The molecule has 0 bridgehead atoms. The second-order valence-corrected chi connectivity index (χ2v) is 7.53. The molecule has 3 amide bonds. The van der Waals surface area contributed by atoms with Crippen molar-refractivity contribution in [1.82, 2.24) is 20.9 Å². The summed E-state index contributed by atoms with van der Waals surface area (Å²) in [4.78, 5) is 26.1. The molecule has 3 N–H and O–H groups in total. The Morgan fingerprint density at radius 2 is 1.83 bits per heavy atom. The summed E-state index contributed by atoms with van der Waals surface area (Å²) >= 11 is 0. The summed E-state index contributed by atoms with van der Waals surface area (Å²) in [7, 11) is 0. The van der Waals surface area contributed by atoms with Crippen molar-refractivity contribution in [3.63, 3.8) is 0 Å². The molecule has 2 aliphatic rings. The third kappa shape index (κ3) is 6.67. The Bertz CT molecular complexity index is 408. The summed E-state index contributed by atoms with van der Waals surface area (Å²) in [5.74, 6) is 0.569. The van der Waals surface area contributed by atoms with E-state index >= 15 is 0 Å². The van der Waals surface area contributed by atoms with Crippen molar-refractivity contribution in [3.05, 3.63) is 0 Å². The van der Waals surface area contributed by atoms with Gasteiger partial charge in [0.1, 0.15) is 0 Å². The molecule has 0 aromatic carbocycles. The molecule has 2 fully saturated rings. The van der Waals surface area contributed by atoms with Crippen LogP contribution in [0, 0.1) is 5.92 Å². The van der Waals surface area contributed by atoms with Gasteiger partial charge in [-0.05, 0) is 52.0 Å². The second-order valence-electron chi connectivity index (χ2n) is 7.53. The summed E-state index contributed by atoms with van der Waals surface area (Å²) < 4.78 is 0. The molecular formula is C18H34N4O2. The zero-order chi connectivity index (χ0) is 17.4. The topological polar surface area (TPSA) is 73.5 Å². The Morgan fingerprint density at radius 1 is 1.08 bits per heavy atom. The maximum absolute atomic E-state index is 11.9. The van der Waals surface area contributed by atoms with Crippen molar-refractivity contribution in [2.75, 3.05) is 26.2 Å². The molecule has 24 heavy (non-hydrogen) atoms. The van der Waals surface area contributed by atoms with E-state index in [-0.39, 0.29) is 11.9 Å². The van der Waals surface area contributed by atoms with Crippen LogP contribution in [0.4, 0.5) is 4.79 Å². The van der Waals surface area contributed by atoms with Crippen LogP contribution in [0.2, 0.25) is 0 Å². The zero-order valence-corrected chi connectivity index (χ0v) is 15.3. The minimum atomic E-state index is -0.162. The smallest absolute Gasteiger partial charge is 0.314 e. The molecule has 6 nitrogen and oxygen atoms in total. The number of hydrogen-bond acceptors (Lipinski definition) is 3.